The first kappa shape index (κ1) is 19.1. The molecule has 1 heterocycles. The Labute approximate surface area is 158 Å². The first-order valence-corrected chi connectivity index (χ1v) is 9.01. The van der Waals surface area contributed by atoms with Crippen molar-refractivity contribution in [1.29, 1.82) is 0 Å². The van der Waals surface area contributed by atoms with E-state index in [0.717, 1.165) is 36.7 Å². The molecule has 2 aromatic carbocycles. The summed E-state index contributed by atoms with van der Waals surface area (Å²) in [5.74, 6) is -1.13. The Morgan fingerprint density at radius 1 is 0.926 bits per heavy atom. The maximum atomic E-state index is 13.2. The number of hydrogen-bond donors (Lipinski definition) is 2. The SMILES string of the molecule is NC(CCNCc1cccc(-c2cccnc2)c1)Cc1cc(F)cc(F)c1. The van der Waals surface area contributed by atoms with Crippen LogP contribution in [0.5, 0.6) is 0 Å². The van der Waals surface area contributed by atoms with Gasteiger partial charge < -0.3 is 11.1 Å². The fraction of sp³-hybridized carbons (Fsp3) is 0.227. The van der Waals surface area contributed by atoms with Gasteiger partial charge in [-0.05, 0) is 65.9 Å². The molecule has 140 valence electrons. The third-order valence-electron chi connectivity index (χ3n) is 4.36. The van der Waals surface area contributed by atoms with Gasteiger partial charge in [0.15, 0.2) is 0 Å². The molecule has 0 saturated heterocycles. The zero-order valence-corrected chi connectivity index (χ0v) is 15.0. The van der Waals surface area contributed by atoms with Gasteiger partial charge in [-0.1, -0.05) is 24.3 Å². The van der Waals surface area contributed by atoms with E-state index in [1.54, 1.807) is 6.20 Å². The smallest absolute Gasteiger partial charge is 0.126 e. The van der Waals surface area contributed by atoms with Gasteiger partial charge in [0, 0.05) is 31.0 Å². The molecular formula is C22H23F2N3. The van der Waals surface area contributed by atoms with E-state index in [1.807, 2.05) is 24.4 Å². The lowest BCUT2D eigenvalue weighted by Gasteiger charge is -2.13. The van der Waals surface area contributed by atoms with Crippen LogP contribution in [0.1, 0.15) is 17.5 Å². The van der Waals surface area contributed by atoms with Crippen molar-refractivity contribution in [2.75, 3.05) is 6.54 Å². The Morgan fingerprint density at radius 2 is 1.70 bits per heavy atom. The van der Waals surface area contributed by atoms with Crippen molar-refractivity contribution in [2.24, 2.45) is 5.73 Å². The second kappa shape index (κ2) is 9.35. The molecule has 3 rings (SSSR count). The number of rotatable bonds is 8. The highest BCUT2D eigenvalue weighted by Crippen LogP contribution is 2.19. The highest BCUT2D eigenvalue weighted by molar-refractivity contribution is 5.62. The van der Waals surface area contributed by atoms with Crippen LogP contribution in [0.3, 0.4) is 0 Å². The number of pyridine rings is 1. The average molecular weight is 367 g/mol. The highest BCUT2D eigenvalue weighted by Gasteiger charge is 2.07. The fourth-order valence-electron chi connectivity index (χ4n) is 3.05. The second-order valence-electron chi connectivity index (χ2n) is 6.65. The van der Waals surface area contributed by atoms with Crippen molar-refractivity contribution in [3.63, 3.8) is 0 Å². The van der Waals surface area contributed by atoms with Gasteiger partial charge in [0.25, 0.3) is 0 Å². The van der Waals surface area contributed by atoms with Crippen LogP contribution in [-0.2, 0) is 13.0 Å². The number of nitrogens with two attached hydrogens (primary N) is 1. The molecule has 0 bridgehead atoms. The molecule has 3 aromatic rings. The molecule has 0 spiro atoms. The maximum absolute atomic E-state index is 13.2. The molecule has 3 nitrogen and oxygen atoms in total. The van der Waals surface area contributed by atoms with Crippen LogP contribution in [0, 0.1) is 11.6 Å². The maximum Gasteiger partial charge on any atom is 0.126 e. The van der Waals surface area contributed by atoms with Crippen molar-refractivity contribution >= 4 is 0 Å². The van der Waals surface area contributed by atoms with Crippen molar-refractivity contribution in [2.45, 2.75) is 25.4 Å². The van der Waals surface area contributed by atoms with E-state index in [1.165, 1.54) is 17.7 Å². The van der Waals surface area contributed by atoms with Crippen LogP contribution in [0.25, 0.3) is 11.1 Å². The number of nitrogens with zero attached hydrogens (tertiary/aromatic N) is 1. The summed E-state index contributed by atoms with van der Waals surface area (Å²) in [5, 5.41) is 3.38. The summed E-state index contributed by atoms with van der Waals surface area (Å²) in [4.78, 5) is 4.15. The predicted octanol–water partition coefficient (Wildman–Crippen LogP) is 4.08. The molecule has 1 atom stereocenters. The summed E-state index contributed by atoms with van der Waals surface area (Å²) in [7, 11) is 0. The van der Waals surface area contributed by atoms with E-state index in [2.05, 4.69) is 28.5 Å². The van der Waals surface area contributed by atoms with Gasteiger partial charge in [-0.2, -0.15) is 0 Å². The Kier molecular flexibility index (Phi) is 6.63. The van der Waals surface area contributed by atoms with Crippen LogP contribution < -0.4 is 11.1 Å². The number of hydrogen-bond acceptors (Lipinski definition) is 3. The van der Waals surface area contributed by atoms with Crippen LogP contribution in [0.4, 0.5) is 8.78 Å². The fourth-order valence-corrected chi connectivity index (χ4v) is 3.05. The average Bonchev–Trinajstić information content (AvgIpc) is 2.65. The van der Waals surface area contributed by atoms with Gasteiger partial charge in [0.1, 0.15) is 11.6 Å². The van der Waals surface area contributed by atoms with Gasteiger partial charge >= 0.3 is 0 Å². The molecule has 5 heteroatoms. The molecule has 0 fully saturated rings. The molecule has 1 unspecified atom stereocenters. The molecule has 0 aliphatic rings. The van der Waals surface area contributed by atoms with Crippen LogP contribution >= 0.6 is 0 Å². The Hall–Kier alpha value is -2.63. The number of benzene rings is 2. The van der Waals surface area contributed by atoms with Crippen molar-refractivity contribution in [1.82, 2.24) is 10.3 Å². The van der Waals surface area contributed by atoms with E-state index in [-0.39, 0.29) is 6.04 Å². The van der Waals surface area contributed by atoms with E-state index in [9.17, 15) is 8.78 Å². The highest BCUT2D eigenvalue weighted by atomic mass is 19.1. The molecule has 0 amide bonds. The summed E-state index contributed by atoms with van der Waals surface area (Å²) < 4.78 is 26.5. The Bertz CT molecular complexity index is 848. The zero-order chi connectivity index (χ0) is 19.1. The summed E-state index contributed by atoms with van der Waals surface area (Å²) in [6.45, 7) is 1.46. The Morgan fingerprint density at radius 3 is 2.44 bits per heavy atom. The van der Waals surface area contributed by atoms with Gasteiger partial charge in [-0.15, -0.1) is 0 Å². The minimum Gasteiger partial charge on any atom is -0.327 e. The molecule has 1 aromatic heterocycles. The monoisotopic (exact) mass is 367 g/mol. The molecule has 0 saturated carbocycles. The zero-order valence-electron chi connectivity index (χ0n) is 15.0. The van der Waals surface area contributed by atoms with E-state index in [0.29, 0.717) is 12.0 Å². The van der Waals surface area contributed by atoms with Gasteiger partial charge in [-0.25, -0.2) is 8.78 Å². The molecule has 3 N–H and O–H groups in total. The van der Waals surface area contributed by atoms with E-state index in [4.69, 9.17) is 5.73 Å². The lowest BCUT2D eigenvalue weighted by molar-refractivity contribution is 0.548. The van der Waals surface area contributed by atoms with Crippen molar-refractivity contribution in [3.05, 3.63) is 89.8 Å². The molecule has 0 aliphatic heterocycles. The second-order valence-corrected chi connectivity index (χ2v) is 6.65. The van der Waals surface area contributed by atoms with Crippen molar-refractivity contribution in [3.8, 4) is 11.1 Å². The molecule has 27 heavy (non-hydrogen) atoms. The number of halogens is 2. The normalized spacial score (nSPS) is 12.1. The van der Waals surface area contributed by atoms with E-state index >= 15 is 0 Å². The lowest BCUT2D eigenvalue weighted by Crippen LogP contribution is -2.28. The number of aromatic nitrogens is 1. The summed E-state index contributed by atoms with van der Waals surface area (Å²) in [6, 6.07) is 15.6. The minimum atomic E-state index is -0.566. The summed E-state index contributed by atoms with van der Waals surface area (Å²) in [6.07, 6.45) is 4.78. The third kappa shape index (κ3) is 5.94. The summed E-state index contributed by atoms with van der Waals surface area (Å²) in [5.41, 5.74) is 10.1. The molecular weight excluding hydrogens is 344 g/mol. The largest absolute Gasteiger partial charge is 0.327 e. The standard InChI is InChI=1S/C22H23F2N3/c23-20-10-17(11-21(24)13-20)12-22(25)6-8-27-14-16-3-1-4-18(9-16)19-5-2-7-26-15-19/h1-5,7,9-11,13,15,22,27H,6,8,12,14,25H2. The molecule has 0 aliphatic carbocycles. The van der Waals surface area contributed by atoms with Crippen molar-refractivity contribution < 1.29 is 8.78 Å². The van der Waals surface area contributed by atoms with Crippen LogP contribution in [0.15, 0.2) is 67.0 Å². The first-order valence-electron chi connectivity index (χ1n) is 9.01. The van der Waals surface area contributed by atoms with Crippen LogP contribution in [-0.4, -0.2) is 17.6 Å². The molecule has 0 radical (unpaired) electrons. The first-order chi connectivity index (χ1) is 13.1. The summed E-state index contributed by atoms with van der Waals surface area (Å²) >= 11 is 0. The van der Waals surface area contributed by atoms with E-state index < -0.39 is 11.6 Å². The minimum absolute atomic E-state index is 0.152. The van der Waals surface area contributed by atoms with Gasteiger partial charge in [0.2, 0.25) is 0 Å². The lowest BCUT2D eigenvalue weighted by atomic mass is 10.0. The third-order valence-corrected chi connectivity index (χ3v) is 4.36. The predicted molar refractivity (Wildman–Crippen MR) is 104 cm³/mol. The van der Waals surface area contributed by atoms with Gasteiger partial charge in [-0.3, -0.25) is 4.98 Å². The number of nitrogens with one attached hydrogen (secondary N) is 1. The quantitative estimate of drug-likeness (QED) is 0.590. The van der Waals surface area contributed by atoms with Gasteiger partial charge in [0.05, 0.1) is 0 Å². The topological polar surface area (TPSA) is 50.9 Å². The van der Waals surface area contributed by atoms with Crippen LogP contribution in [0.2, 0.25) is 0 Å². The Balaban J connectivity index is 1.46.